The lowest BCUT2D eigenvalue weighted by molar-refractivity contribution is 0.103. The molecule has 5 heteroatoms. The predicted octanol–water partition coefficient (Wildman–Crippen LogP) is 5.26. The molecule has 2 heterocycles. The standard InChI is InChI=1S/C21H19N3OS/c1-13-8-10-16(11-9-13)22-20(25)19-12-17-15(3)23-24(21(17)26-19)18-7-5-4-6-14(18)2/h4-12H,1-3H3,(H,22,25). The van der Waals surface area contributed by atoms with E-state index in [0.29, 0.717) is 4.88 Å². The van der Waals surface area contributed by atoms with E-state index in [4.69, 9.17) is 0 Å². The van der Waals surface area contributed by atoms with E-state index in [1.807, 2.05) is 67.1 Å². The highest BCUT2D eigenvalue weighted by Crippen LogP contribution is 2.31. The lowest BCUT2D eigenvalue weighted by atomic mass is 10.2. The van der Waals surface area contributed by atoms with Crippen LogP contribution in [0.3, 0.4) is 0 Å². The van der Waals surface area contributed by atoms with Gasteiger partial charge in [0.05, 0.1) is 16.3 Å². The summed E-state index contributed by atoms with van der Waals surface area (Å²) in [5.74, 6) is -0.0919. The summed E-state index contributed by atoms with van der Waals surface area (Å²) in [6, 6.07) is 17.9. The number of carbonyl (C=O) groups excluding carboxylic acids is 1. The Balaban J connectivity index is 1.72. The van der Waals surface area contributed by atoms with Crippen LogP contribution >= 0.6 is 11.3 Å². The third-order valence-corrected chi connectivity index (χ3v) is 5.53. The number of nitrogens with one attached hydrogen (secondary N) is 1. The van der Waals surface area contributed by atoms with Crippen LogP contribution in [0.15, 0.2) is 54.6 Å². The number of para-hydroxylation sites is 1. The Morgan fingerprint density at radius 2 is 1.77 bits per heavy atom. The van der Waals surface area contributed by atoms with Crippen LogP contribution in [0.1, 0.15) is 26.5 Å². The number of thiophene rings is 1. The quantitative estimate of drug-likeness (QED) is 0.541. The van der Waals surface area contributed by atoms with Crippen molar-refractivity contribution in [3.63, 3.8) is 0 Å². The van der Waals surface area contributed by atoms with Gasteiger partial charge in [-0.15, -0.1) is 11.3 Å². The molecule has 4 aromatic rings. The average Bonchev–Trinajstić information content (AvgIpc) is 3.19. The number of hydrogen-bond donors (Lipinski definition) is 1. The van der Waals surface area contributed by atoms with Gasteiger partial charge < -0.3 is 5.32 Å². The summed E-state index contributed by atoms with van der Waals surface area (Å²) in [4.78, 5) is 14.3. The second-order valence-electron chi connectivity index (χ2n) is 6.43. The molecule has 1 amide bonds. The minimum atomic E-state index is -0.0919. The van der Waals surface area contributed by atoms with Crippen LogP contribution in [0, 0.1) is 20.8 Å². The van der Waals surface area contributed by atoms with E-state index in [2.05, 4.69) is 23.4 Å². The Bertz CT molecular complexity index is 1110. The monoisotopic (exact) mass is 361 g/mol. The van der Waals surface area contributed by atoms with Crippen molar-refractivity contribution in [1.82, 2.24) is 9.78 Å². The largest absolute Gasteiger partial charge is 0.321 e. The van der Waals surface area contributed by atoms with Crippen LogP contribution in [0.2, 0.25) is 0 Å². The van der Waals surface area contributed by atoms with Crippen molar-refractivity contribution in [3.8, 4) is 5.69 Å². The topological polar surface area (TPSA) is 46.9 Å². The zero-order valence-electron chi connectivity index (χ0n) is 14.9. The van der Waals surface area contributed by atoms with E-state index in [9.17, 15) is 4.79 Å². The zero-order valence-corrected chi connectivity index (χ0v) is 15.7. The van der Waals surface area contributed by atoms with Crippen molar-refractivity contribution < 1.29 is 4.79 Å². The minimum absolute atomic E-state index is 0.0919. The van der Waals surface area contributed by atoms with E-state index in [-0.39, 0.29) is 5.91 Å². The summed E-state index contributed by atoms with van der Waals surface area (Å²) in [6.45, 7) is 6.07. The van der Waals surface area contributed by atoms with Gasteiger partial charge in [0.1, 0.15) is 4.83 Å². The summed E-state index contributed by atoms with van der Waals surface area (Å²) in [5, 5.41) is 8.66. The molecular weight excluding hydrogens is 342 g/mol. The van der Waals surface area contributed by atoms with Gasteiger partial charge in [-0.2, -0.15) is 5.10 Å². The van der Waals surface area contributed by atoms with Crippen molar-refractivity contribution in [3.05, 3.63) is 76.3 Å². The van der Waals surface area contributed by atoms with E-state index in [1.54, 1.807) is 0 Å². The van der Waals surface area contributed by atoms with E-state index < -0.39 is 0 Å². The summed E-state index contributed by atoms with van der Waals surface area (Å²) >= 11 is 1.47. The van der Waals surface area contributed by atoms with Gasteiger partial charge in [0.25, 0.3) is 5.91 Å². The number of anilines is 1. The van der Waals surface area contributed by atoms with Crippen LogP contribution in [0.4, 0.5) is 5.69 Å². The van der Waals surface area contributed by atoms with Gasteiger partial charge in [0, 0.05) is 11.1 Å². The molecule has 0 atom stereocenters. The molecular formula is C21H19N3OS. The van der Waals surface area contributed by atoms with Gasteiger partial charge in [-0.3, -0.25) is 4.79 Å². The first kappa shape index (κ1) is 16.5. The third kappa shape index (κ3) is 2.91. The molecule has 4 nitrogen and oxygen atoms in total. The van der Waals surface area contributed by atoms with E-state index >= 15 is 0 Å². The fourth-order valence-corrected chi connectivity index (χ4v) is 4.02. The maximum atomic E-state index is 12.7. The molecule has 0 spiro atoms. The van der Waals surface area contributed by atoms with Crippen molar-refractivity contribution in [1.29, 1.82) is 0 Å². The maximum absolute atomic E-state index is 12.7. The Morgan fingerprint density at radius 1 is 1.04 bits per heavy atom. The van der Waals surface area contributed by atoms with Gasteiger partial charge in [-0.25, -0.2) is 4.68 Å². The molecule has 4 rings (SSSR count). The Kier molecular flexibility index (Phi) is 4.09. The van der Waals surface area contributed by atoms with E-state index in [1.165, 1.54) is 16.9 Å². The molecule has 0 aliphatic rings. The Labute approximate surface area is 156 Å². The summed E-state index contributed by atoms with van der Waals surface area (Å²) < 4.78 is 1.94. The highest BCUT2D eigenvalue weighted by Gasteiger charge is 2.18. The first-order valence-corrected chi connectivity index (χ1v) is 9.28. The number of benzene rings is 2. The second-order valence-corrected chi connectivity index (χ2v) is 7.46. The van der Waals surface area contributed by atoms with Crippen molar-refractivity contribution >= 4 is 33.1 Å². The number of fused-ring (bicyclic) bond motifs is 1. The van der Waals surface area contributed by atoms with Crippen molar-refractivity contribution in [2.24, 2.45) is 0 Å². The van der Waals surface area contributed by atoms with Crippen molar-refractivity contribution in [2.45, 2.75) is 20.8 Å². The van der Waals surface area contributed by atoms with Crippen molar-refractivity contribution in [2.75, 3.05) is 5.32 Å². The number of aryl methyl sites for hydroxylation is 3. The van der Waals surface area contributed by atoms with Gasteiger partial charge in [-0.1, -0.05) is 35.9 Å². The fraction of sp³-hybridized carbons (Fsp3) is 0.143. The lowest BCUT2D eigenvalue weighted by Gasteiger charge is -2.06. The van der Waals surface area contributed by atoms with Crippen LogP contribution in [0.5, 0.6) is 0 Å². The maximum Gasteiger partial charge on any atom is 0.265 e. The SMILES string of the molecule is Cc1ccc(NC(=O)c2cc3c(C)nn(-c4ccccc4C)c3s2)cc1. The fourth-order valence-electron chi connectivity index (χ4n) is 2.95. The molecule has 1 N–H and O–H groups in total. The molecule has 0 bridgehead atoms. The Hall–Kier alpha value is -2.92. The number of carbonyl (C=O) groups is 1. The van der Waals surface area contributed by atoms with Gasteiger partial charge in [-0.05, 0) is 50.6 Å². The van der Waals surface area contributed by atoms with Gasteiger partial charge in [0.15, 0.2) is 0 Å². The van der Waals surface area contributed by atoms with Crippen LogP contribution < -0.4 is 5.32 Å². The van der Waals surface area contributed by atoms with E-state index in [0.717, 1.165) is 32.8 Å². The average molecular weight is 361 g/mol. The van der Waals surface area contributed by atoms with Gasteiger partial charge in [0.2, 0.25) is 0 Å². The summed E-state index contributed by atoms with van der Waals surface area (Å²) in [6.07, 6.45) is 0. The van der Waals surface area contributed by atoms with Crippen LogP contribution in [-0.2, 0) is 0 Å². The first-order valence-electron chi connectivity index (χ1n) is 8.46. The third-order valence-electron chi connectivity index (χ3n) is 4.42. The number of hydrogen-bond acceptors (Lipinski definition) is 3. The molecule has 0 fully saturated rings. The Morgan fingerprint density at radius 3 is 2.50 bits per heavy atom. The van der Waals surface area contributed by atoms with Gasteiger partial charge >= 0.3 is 0 Å². The zero-order chi connectivity index (χ0) is 18.3. The number of aromatic nitrogens is 2. The minimum Gasteiger partial charge on any atom is -0.321 e. The molecule has 0 aliphatic carbocycles. The molecule has 0 unspecified atom stereocenters. The summed E-state index contributed by atoms with van der Waals surface area (Å²) in [7, 11) is 0. The highest BCUT2D eigenvalue weighted by molar-refractivity contribution is 7.20. The highest BCUT2D eigenvalue weighted by atomic mass is 32.1. The predicted molar refractivity (Wildman–Crippen MR) is 108 cm³/mol. The molecule has 26 heavy (non-hydrogen) atoms. The molecule has 0 aliphatic heterocycles. The molecule has 0 saturated heterocycles. The summed E-state index contributed by atoms with van der Waals surface area (Å²) in [5.41, 5.74) is 5.08. The molecule has 2 aromatic carbocycles. The normalized spacial score (nSPS) is 11.0. The molecule has 0 saturated carbocycles. The number of nitrogens with zero attached hydrogens (tertiary/aromatic N) is 2. The van der Waals surface area contributed by atoms with Crippen LogP contribution in [-0.4, -0.2) is 15.7 Å². The second kappa shape index (κ2) is 6.42. The molecule has 0 radical (unpaired) electrons. The number of rotatable bonds is 3. The van der Waals surface area contributed by atoms with Crippen LogP contribution in [0.25, 0.3) is 15.9 Å². The smallest absolute Gasteiger partial charge is 0.265 e. The lowest BCUT2D eigenvalue weighted by Crippen LogP contribution is -2.10. The first-order chi connectivity index (χ1) is 12.5. The molecule has 2 aromatic heterocycles. The molecule has 130 valence electrons. The number of amides is 1.